The molecule has 2 aromatic rings. The molecule has 0 saturated heterocycles. The lowest BCUT2D eigenvalue weighted by atomic mass is 10.1. The molecule has 0 aliphatic carbocycles. The van der Waals surface area contributed by atoms with Crippen LogP contribution in [0.4, 0.5) is 9.18 Å². The second kappa shape index (κ2) is 6.91. The van der Waals surface area contributed by atoms with Crippen molar-refractivity contribution in [1.82, 2.24) is 10.2 Å². The van der Waals surface area contributed by atoms with E-state index in [0.717, 1.165) is 10.4 Å². The van der Waals surface area contributed by atoms with Gasteiger partial charge in [0, 0.05) is 11.9 Å². The predicted molar refractivity (Wildman–Crippen MR) is 84.1 cm³/mol. The molecule has 0 aliphatic heterocycles. The van der Waals surface area contributed by atoms with Crippen LogP contribution in [0, 0.1) is 5.82 Å². The van der Waals surface area contributed by atoms with Crippen LogP contribution in [0.3, 0.4) is 0 Å². The van der Waals surface area contributed by atoms with E-state index in [1.54, 1.807) is 24.1 Å². The Balaban J connectivity index is 1.92. The molecule has 0 bridgehead atoms. The third kappa shape index (κ3) is 4.44. The summed E-state index contributed by atoms with van der Waals surface area (Å²) in [6.45, 7) is 2.36. The molecule has 3 nitrogen and oxygen atoms in total. The highest BCUT2D eigenvalue weighted by molar-refractivity contribution is 7.16. The fourth-order valence-corrected chi connectivity index (χ4v) is 3.01. The van der Waals surface area contributed by atoms with Crippen molar-refractivity contribution in [3.8, 4) is 0 Å². The van der Waals surface area contributed by atoms with E-state index in [9.17, 15) is 9.18 Å². The normalized spacial score (nSPS) is 12.0. The lowest BCUT2D eigenvalue weighted by Gasteiger charge is -2.21. The van der Waals surface area contributed by atoms with E-state index in [2.05, 4.69) is 5.32 Å². The molecule has 2 rings (SSSR count). The van der Waals surface area contributed by atoms with E-state index >= 15 is 0 Å². The molecule has 0 spiro atoms. The van der Waals surface area contributed by atoms with Gasteiger partial charge in [0.2, 0.25) is 0 Å². The second-order valence-corrected chi connectivity index (χ2v) is 6.58. The third-order valence-electron chi connectivity index (χ3n) is 3.08. The number of hydrogen-bond donors (Lipinski definition) is 1. The standard InChI is InChI=1S/C15H16ClFN2OS/c1-10(11-3-5-12(17)6-4-11)18-15(20)19(2)9-13-7-8-14(16)21-13/h3-8,10H,9H2,1-2H3,(H,18,20). The Morgan fingerprint density at radius 2 is 2.00 bits per heavy atom. The maximum atomic E-state index is 12.9. The Morgan fingerprint density at radius 3 is 2.57 bits per heavy atom. The van der Waals surface area contributed by atoms with Crippen LogP contribution >= 0.6 is 22.9 Å². The van der Waals surface area contributed by atoms with Crippen molar-refractivity contribution >= 4 is 29.0 Å². The monoisotopic (exact) mass is 326 g/mol. The maximum absolute atomic E-state index is 12.9. The van der Waals surface area contributed by atoms with Gasteiger partial charge < -0.3 is 10.2 Å². The fraction of sp³-hybridized carbons (Fsp3) is 0.267. The number of nitrogens with zero attached hydrogens (tertiary/aromatic N) is 1. The summed E-state index contributed by atoms with van der Waals surface area (Å²) in [7, 11) is 1.72. The summed E-state index contributed by atoms with van der Waals surface area (Å²) in [6, 6.07) is 9.45. The summed E-state index contributed by atoms with van der Waals surface area (Å²) < 4.78 is 13.6. The summed E-state index contributed by atoms with van der Waals surface area (Å²) >= 11 is 7.32. The third-order valence-corrected chi connectivity index (χ3v) is 4.29. The van der Waals surface area contributed by atoms with Crippen molar-refractivity contribution in [3.63, 3.8) is 0 Å². The van der Waals surface area contributed by atoms with E-state index < -0.39 is 0 Å². The van der Waals surface area contributed by atoms with Crippen LogP contribution in [0.5, 0.6) is 0 Å². The van der Waals surface area contributed by atoms with Crippen molar-refractivity contribution in [2.24, 2.45) is 0 Å². The molecule has 1 aromatic carbocycles. The summed E-state index contributed by atoms with van der Waals surface area (Å²) in [5.41, 5.74) is 0.859. The molecule has 21 heavy (non-hydrogen) atoms. The van der Waals surface area contributed by atoms with Crippen molar-refractivity contribution in [2.45, 2.75) is 19.5 Å². The lowest BCUT2D eigenvalue weighted by Crippen LogP contribution is -2.38. The Labute approximate surface area is 132 Å². The van der Waals surface area contributed by atoms with Gasteiger partial charge in [0.15, 0.2) is 0 Å². The summed E-state index contributed by atoms with van der Waals surface area (Å²) in [6.07, 6.45) is 0. The lowest BCUT2D eigenvalue weighted by molar-refractivity contribution is 0.204. The van der Waals surface area contributed by atoms with Crippen LogP contribution in [-0.2, 0) is 6.54 Å². The molecular formula is C15H16ClFN2OS. The number of carbonyl (C=O) groups is 1. The van der Waals surface area contributed by atoms with Crippen molar-refractivity contribution < 1.29 is 9.18 Å². The molecule has 0 radical (unpaired) electrons. The minimum atomic E-state index is -0.288. The van der Waals surface area contributed by atoms with Gasteiger partial charge in [-0.15, -0.1) is 11.3 Å². The van der Waals surface area contributed by atoms with Crippen LogP contribution in [0.2, 0.25) is 4.34 Å². The highest BCUT2D eigenvalue weighted by atomic mass is 35.5. The van der Waals surface area contributed by atoms with Crippen LogP contribution in [-0.4, -0.2) is 18.0 Å². The molecule has 1 aromatic heterocycles. The van der Waals surface area contributed by atoms with E-state index in [4.69, 9.17) is 11.6 Å². The number of rotatable bonds is 4. The van der Waals surface area contributed by atoms with Crippen molar-refractivity contribution in [1.29, 1.82) is 0 Å². The van der Waals surface area contributed by atoms with Crippen LogP contribution < -0.4 is 5.32 Å². The number of thiophene rings is 1. The first-order valence-electron chi connectivity index (χ1n) is 6.47. The minimum absolute atomic E-state index is 0.184. The first-order valence-corrected chi connectivity index (χ1v) is 7.66. The van der Waals surface area contributed by atoms with Gasteiger partial charge in [-0.25, -0.2) is 9.18 Å². The first kappa shape index (κ1) is 15.8. The number of amides is 2. The van der Waals surface area contributed by atoms with Crippen LogP contribution in [0.15, 0.2) is 36.4 Å². The summed E-state index contributed by atoms with van der Waals surface area (Å²) in [5.74, 6) is -0.288. The molecule has 2 amide bonds. The van der Waals surface area contributed by atoms with E-state index in [1.807, 2.05) is 19.1 Å². The van der Waals surface area contributed by atoms with E-state index in [-0.39, 0.29) is 17.9 Å². The molecular weight excluding hydrogens is 311 g/mol. The van der Waals surface area contributed by atoms with Gasteiger partial charge in [0.1, 0.15) is 5.82 Å². The molecule has 6 heteroatoms. The molecule has 1 atom stereocenters. The predicted octanol–water partition coefficient (Wildman–Crippen LogP) is 4.44. The average Bonchev–Trinajstić information content (AvgIpc) is 2.84. The van der Waals surface area contributed by atoms with Crippen molar-refractivity contribution in [3.05, 3.63) is 57.0 Å². The van der Waals surface area contributed by atoms with Crippen LogP contribution in [0.1, 0.15) is 23.4 Å². The van der Waals surface area contributed by atoms with Gasteiger partial charge in [-0.1, -0.05) is 23.7 Å². The Bertz CT molecular complexity index is 614. The molecule has 0 aliphatic rings. The zero-order chi connectivity index (χ0) is 15.4. The average molecular weight is 327 g/mol. The molecule has 0 saturated carbocycles. The molecule has 112 valence electrons. The van der Waals surface area contributed by atoms with E-state index in [1.165, 1.54) is 23.5 Å². The van der Waals surface area contributed by atoms with Gasteiger partial charge in [0.05, 0.1) is 16.9 Å². The van der Waals surface area contributed by atoms with E-state index in [0.29, 0.717) is 10.9 Å². The molecule has 1 N–H and O–H groups in total. The van der Waals surface area contributed by atoms with Gasteiger partial charge in [-0.2, -0.15) is 0 Å². The van der Waals surface area contributed by atoms with Gasteiger partial charge in [-0.05, 0) is 36.8 Å². The summed E-state index contributed by atoms with van der Waals surface area (Å²) in [4.78, 5) is 14.7. The SMILES string of the molecule is CC(NC(=O)N(C)Cc1ccc(Cl)s1)c1ccc(F)cc1. The fourth-order valence-electron chi connectivity index (χ4n) is 1.87. The maximum Gasteiger partial charge on any atom is 0.317 e. The second-order valence-electron chi connectivity index (χ2n) is 4.78. The van der Waals surface area contributed by atoms with Gasteiger partial charge in [-0.3, -0.25) is 0 Å². The number of halogens is 2. The molecule has 0 fully saturated rings. The summed E-state index contributed by atoms with van der Waals surface area (Å²) in [5, 5.41) is 2.88. The molecule has 1 unspecified atom stereocenters. The van der Waals surface area contributed by atoms with Crippen molar-refractivity contribution in [2.75, 3.05) is 7.05 Å². The number of carbonyl (C=O) groups excluding carboxylic acids is 1. The Morgan fingerprint density at radius 1 is 1.33 bits per heavy atom. The first-order chi connectivity index (χ1) is 9.95. The highest BCUT2D eigenvalue weighted by Crippen LogP contribution is 2.22. The zero-order valence-corrected chi connectivity index (χ0v) is 13.3. The highest BCUT2D eigenvalue weighted by Gasteiger charge is 2.14. The topological polar surface area (TPSA) is 32.3 Å². The van der Waals surface area contributed by atoms with Gasteiger partial charge >= 0.3 is 6.03 Å². The van der Waals surface area contributed by atoms with Crippen LogP contribution in [0.25, 0.3) is 0 Å². The molecule has 1 heterocycles. The number of hydrogen-bond acceptors (Lipinski definition) is 2. The largest absolute Gasteiger partial charge is 0.331 e. The Kier molecular flexibility index (Phi) is 5.20. The minimum Gasteiger partial charge on any atom is -0.331 e. The number of urea groups is 1. The smallest absolute Gasteiger partial charge is 0.317 e. The number of benzene rings is 1. The quantitative estimate of drug-likeness (QED) is 0.885. The van der Waals surface area contributed by atoms with Gasteiger partial charge in [0.25, 0.3) is 0 Å². The zero-order valence-electron chi connectivity index (χ0n) is 11.8. The Hall–Kier alpha value is -1.59. The number of nitrogens with one attached hydrogen (secondary N) is 1.